The van der Waals surface area contributed by atoms with Gasteiger partial charge >= 0.3 is 0 Å². The van der Waals surface area contributed by atoms with Crippen molar-refractivity contribution < 1.29 is 13.4 Å². The summed E-state index contributed by atoms with van der Waals surface area (Å²) in [6, 6.07) is 21.3. The predicted molar refractivity (Wildman–Crippen MR) is 159 cm³/mol. The first kappa shape index (κ1) is 26.0. The van der Waals surface area contributed by atoms with E-state index in [0.717, 1.165) is 46.7 Å². The van der Waals surface area contributed by atoms with Crippen molar-refractivity contribution in [2.45, 2.75) is 55.5 Å². The van der Waals surface area contributed by atoms with Gasteiger partial charge in [0.25, 0.3) is 0 Å². The summed E-state index contributed by atoms with van der Waals surface area (Å²) >= 11 is 0. The van der Waals surface area contributed by atoms with Crippen molar-refractivity contribution in [3.05, 3.63) is 114 Å². The highest BCUT2D eigenvalue weighted by Gasteiger charge is 2.52. The Balaban J connectivity index is 1.32. The molecule has 3 atom stereocenters. The van der Waals surface area contributed by atoms with Gasteiger partial charge in [-0.05, 0) is 105 Å². The van der Waals surface area contributed by atoms with Gasteiger partial charge in [-0.1, -0.05) is 29.8 Å². The molecular formula is C33H31FN4O2S. The Bertz CT molecular complexity index is 1750. The molecular weight excluding hydrogens is 535 g/mol. The van der Waals surface area contributed by atoms with Gasteiger partial charge in [0.15, 0.2) is 5.78 Å². The van der Waals surface area contributed by atoms with Gasteiger partial charge in [0, 0.05) is 23.2 Å². The zero-order chi connectivity index (χ0) is 28.2. The van der Waals surface area contributed by atoms with Crippen LogP contribution in [0.25, 0.3) is 11.8 Å². The summed E-state index contributed by atoms with van der Waals surface area (Å²) in [4.78, 5) is 19.7. The maximum Gasteiger partial charge on any atom is 0.191 e. The third kappa shape index (κ3) is 4.46. The third-order valence-corrected chi connectivity index (χ3v) is 11.0. The first-order chi connectivity index (χ1) is 19.9. The van der Waals surface area contributed by atoms with Crippen LogP contribution in [0.2, 0.25) is 0 Å². The number of carbonyl (C=O) groups is 1. The number of hydrogen-bond donors (Lipinski definition) is 0. The van der Waals surface area contributed by atoms with Crippen molar-refractivity contribution in [3.8, 4) is 5.69 Å². The van der Waals surface area contributed by atoms with Crippen LogP contribution >= 0.6 is 0 Å². The van der Waals surface area contributed by atoms with Crippen molar-refractivity contribution in [1.29, 1.82) is 0 Å². The molecule has 0 radical (unpaired) electrons. The number of rotatable bonds is 7. The van der Waals surface area contributed by atoms with E-state index >= 15 is 0 Å². The zero-order valence-electron chi connectivity index (χ0n) is 22.7. The summed E-state index contributed by atoms with van der Waals surface area (Å²) < 4.78 is 32.0. The van der Waals surface area contributed by atoms with E-state index in [2.05, 4.69) is 26.3 Å². The van der Waals surface area contributed by atoms with Crippen LogP contribution in [0.4, 0.5) is 4.39 Å². The van der Waals surface area contributed by atoms with Crippen LogP contribution in [-0.2, 0) is 16.1 Å². The van der Waals surface area contributed by atoms with Gasteiger partial charge in [-0.3, -0.25) is 9.78 Å². The van der Waals surface area contributed by atoms with Crippen molar-refractivity contribution in [1.82, 2.24) is 19.1 Å². The number of nitrogens with zero attached hydrogens (tertiary/aromatic N) is 4. The van der Waals surface area contributed by atoms with Gasteiger partial charge in [-0.15, -0.1) is 0 Å². The van der Waals surface area contributed by atoms with E-state index < -0.39 is 15.1 Å². The highest BCUT2D eigenvalue weighted by molar-refractivity contribution is 7.98. The SMILES string of the molecule is C=S(=O)(c1ccccc1)N(C1CC1)[C@H]1CCC2=Cc3c(cnn3-c3ccc(F)cc3)C[C@]2(C(=O)c2ccccn2)C1. The molecule has 2 heterocycles. The van der Waals surface area contributed by atoms with Crippen LogP contribution in [0.1, 0.15) is 53.8 Å². The molecule has 0 aliphatic heterocycles. The number of hydrogen-bond acceptors (Lipinski definition) is 4. The largest absolute Gasteiger partial charge is 0.291 e. The number of benzene rings is 2. The summed E-state index contributed by atoms with van der Waals surface area (Å²) in [6.45, 7) is 0. The molecule has 2 aromatic carbocycles. The minimum atomic E-state index is -2.75. The maximum atomic E-state index is 14.5. The van der Waals surface area contributed by atoms with E-state index in [-0.39, 0.29) is 23.7 Å². The van der Waals surface area contributed by atoms with E-state index in [0.29, 0.717) is 25.0 Å². The van der Waals surface area contributed by atoms with Crippen molar-refractivity contribution in [3.63, 3.8) is 0 Å². The van der Waals surface area contributed by atoms with Crippen molar-refractivity contribution in [2.75, 3.05) is 0 Å². The summed E-state index contributed by atoms with van der Waals surface area (Å²) in [6.07, 6.45) is 10.0. The normalized spacial score (nSPS) is 23.3. The second-order valence-corrected chi connectivity index (χ2v) is 13.5. The lowest BCUT2D eigenvalue weighted by Crippen LogP contribution is -2.51. The van der Waals surface area contributed by atoms with E-state index in [9.17, 15) is 13.4 Å². The lowest BCUT2D eigenvalue weighted by atomic mass is 9.60. The standard InChI is InChI=1S/C33H31FN4O2S/c1-41(40,29-7-3-2-4-8-29)38(27-16-17-27)28-13-10-24-19-31-23(22-36-37(31)26-14-11-25(34)12-15-26)20-33(24,21-28)32(39)30-9-5-6-18-35-30/h2-9,11-12,14-15,18-19,22,27-28H,1,10,13,16-17,20-21H2/t28-,33-,41?/m0/s1. The second kappa shape index (κ2) is 9.89. The van der Waals surface area contributed by atoms with Crippen LogP contribution < -0.4 is 0 Å². The summed E-state index contributed by atoms with van der Waals surface area (Å²) in [5, 5.41) is 4.65. The molecule has 208 valence electrons. The summed E-state index contributed by atoms with van der Waals surface area (Å²) in [7, 11) is -2.75. The van der Waals surface area contributed by atoms with Crippen molar-refractivity contribution in [2.24, 2.45) is 5.41 Å². The second-order valence-electron chi connectivity index (χ2n) is 11.4. The topological polar surface area (TPSA) is 68.1 Å². The minimum absolute atomic E-state index is 0.0137. The third-order valence-electron chi connectivity index (χ3n) is 8.76. The fraction of sp³-hybridized carbons (Fsp3) is 0.273. The molecule has 1 unspecified atom stereocenters. The number of fused-ring (bicyclic) bond motifs is 2. The van der Waals surface area contributed by atoms with Crippen LogP contribution in [0.5, 0.6) is 0 Å². The van der Waals surface area contributed by atoms with Gasteiger partial charge in [-0.2, -0.15) is 5.10 Å². The fourth-order valence-corrected chi connectivity index (χ4v) is 8.87. The smallest absolute Gasteiger partial charge is 0.191 e. The van der Waals surface area contributed by atoms with Gasteiger partial charge in [0.05, 0.1) is 32.7 Å². The molecule has 41 heavy (non-hydrogen) atoms. The quantitative estimate of drug-likeness (QED) is 0.206. The summed E-state index contributed by atoms with van der Waals surface area (Å²) in [5.74, 6) is 3.97. The maximum absolute atomic E-state index is 14.5. The number of carbonyl (C=O) groups excluding carboxylic acids is 1. The number of halogens is 1. The molecule has 4 aromatic rings. The van der Waals surface area contributed by atoms with E-state index in [1.54, 1.807) is 24.4 Å². The van der Waals surface area contributed by atoms with E-state index in [1.165, 1.54) is 12.1 Å². The Morgan fingerprint density at radius 3 is 2.46 bits per heavy atom. The molecule has 3 aliphatic carbocycles. The first-order valence-corrected chi connectivity index (χ1v) is 15.8. The van der Waals surface area contributed by atoms with Crippen LogP contribution in [0, 0.1) is 11.2 Å². The Labute approximate surface area is 239 Å². The molecule has 3 aliphatic rings. The molecule has 0 N–H and O–H groups in total. The Kier molecular flexibility index (Phi) is 6.28. The van der Waals surface area contributed by atoms with Crippen LogP contribution in [0.3, 0.4) is 0 Å². The van der Waals surface area contributed by atoms with Crippen LogP contribution in [0.15, 0.2) is 95.7 Å². The van der Waals surface area contributed by atoms with Gasteiger partial charge < -0.3 is 0 Å². The van der Waals surface area contributed by atoms with Crippen molar-refractivity contribution >= 4 is 27.4 Å². The van der Waals surface area contributed by atoms with E-state index in [4.69, 9.17) is 0 Å². The first-order valence-electron chi connectivity index (χ1n) is 14.1. The average Bonchev–Trinajstić information content (AvgIpc) is 3.75. The fourth-order valence-electron chi connectivity index (χ4n) is 6.69. The molecule has 2 saturated carbocycles. The molecule has 2 aromatic heterocycles. The molecule has 7 rings (SSSR count). The Morgan fingerprint density at radius 1 is 1.00 bits per heavy atom. The molecule has 6 nitrogen and oxygen atoms in total. The number of allylic oxidation sites excluding steroid dienone is 1. The van der Waals surface area contributed by atoms with E-state index in [1.807, 2.05) is 53.3 Å². The lowest BCUT2D eigenvalue weighted by Gasteiger charge is -2.47. The molecule has 0 saturated heterocycles. The molecule has 0 spiro atoms. The minimum Gasteiger partial charge on any atom is -0.291 e. The Hall–Kier alpha value is -3.88. The molecule has 0 bridgehead atoms. The highest BCUT2D eigenvalue weighted by atomic mass is 32.2. The zero-order valence-corrected chi connectivity index (χ0v) is 23.5. The average molecular weight is 567 g/mol. The van der Waals surface area contributed by atoms with Crippen LogP contribution in [-0.4, -0.2) is 47.0 Å². The molecule has 2 fully saturated rings. The molecule has 8 heteroatoms. The number of aromatic nitrogens is 3. The van der Waals surface area contributed by atoms with Gasteiger partial charge in [0.1, 0.15) is 11.5 Å². The number of ketones is 1. The highest BCUT2D eigenvalue weighted by Crippen LogP contribution is 2.52. The Morgan fingerprint density at radius 2 is 1.76 bits per heavy atom. The summed E-state index contributed by atoms with van der Waals surface area (Å²) in [5.41, 5.74) is 3.29. The van der Waals surface area contributed by atoms with Gasteiger partial charge in [-0.25, -0.2) is 17.6 Å². The lowest BCUT2D eigenvalue weighted by molar-refractivity contribution is 0.0736. The predicted octanol–water partition coefficient (Wildman–Crippen LogP) is 5.92. The number of Topliss-reactive ketones (excluding diaryl/α,β-unsaturated/α-hetero) is 1. The number of pyridine rings is 1. The molecule has 0 amide bonds. The van der Waals surface area contributed by atoms with Gasteiger partial charge in [0.2, 0.25) is 0 Å². The monoisotopic (exact) mass is 566 g/mol.